The lowest BCUT2D eigenvalue weighted by atomic mass is 9.93. The van der Waals surface area contributed by atoms with E-state index >= 15 is 0 Å². The topological polar surface area (TPSA) is 46.2 Å². The number of hydrogen-bond donors (Lipinski definition) is 2. The van der Waals surface area contributed by atoms with Gasteiger partial charge in [0.05, 0.1) is 22.7 Å². The lowest BCUT2D eigenvalue weighted by Gasteiger charge is -2.23. The molecule has 0 saturated heterocycles. The monoisotopic (exact) mass is 313 g/mol. The molecule has 0 fully saturated rings. The fourth-order valence-corrected chi connectivity index (χ4v) is 2.09. The van der Waals surface area contributed by atoms with Crippen LogP contribution in [-0.4, -0.2) is 11.2 Å². The molecule has 1 aromatic carbocycles. The van der Waals surface area contributed by atoms with Crippen LogP contribution in [0.2, 0.25) is 5.02 Å². The summed E-state index contributed by atoms with van der Waals surface area (Å²) in [6.07, 6.45) is -4.50. The second-order valence-electron chi connectivity index (χ2n) is 4.56. The van der Waals surface area contributed by atoms with Crippen LogP contribution in [0.1, 0.15) is 43.4 Å². The number of nitrogens with two attached hydrogens (primary N) is 1. The smallest absolute Gasteiger partial charge is 0.391 e. The summed E-state index contributed by atoms with van der Waals surface area (Å²) in [5.74, 6) is -1.23. The van der Waals surface area contributed by atoms with E-state index in [1.807, 2.05) is 6.92 Å². The van der Waals surface area contributed by atoms with Crippen molar-refractivity contribution in [2.75, 3.05) is 0 Å². The summed E-state index contributed by atoms with van der Waals surface area (Å²) in [7, 11) is 0. The zero-order valence-electron chi connectivity index (χ0n) is 10.8. The van der Waals surface area contributed by atoms with Gasteiger partial charge in [0.15, 0.2) is 0 Å². The molecule has 0 aliphatic rings. The summed E-state index contributed by atoms with van der Waals surface area (Å²) < 4.78 is 52.6. The molecule has 114 valence electrons. The lowest BCUT2D eigenvalue weighted by molar-refractivity contribution is -0.138. The number of unbranched alkanes of at least 4 members (excludes halogenated alkanes) is 1. The highest BCUT2D eigenvalue weighted by Gasteiger charge is 2.38. The Morgan fingerprint density at radius 1 is 1.35 bits per heavy atom. The van der Waals surface area contributed by atoms with Crippen molar-refractivity contribution in [3.63, 3.8) is 0 Å². The average molecular weight is 314 g/mol. The Hall–Kier alpha value is -0.850. The highest BCUT2D eigenvalue weighted by Crippen LogP contribution is 2.38. The van der Waals surface area contributed by atoms with Crippen LogP contribution in [0, 0.1) is 5.82 Å². The van der Waals surface area contributed by atoms with E-state index < -0.39 is 40.3 Å². The van der Waals surface area contributed by atoms with E-state index in [1.165, 1.54) is 0 Å². The van der Waals surface area contributed by atoms with Crippen molar-refractivity contribution in [3.8, 4) is 0 Å². The van der Waals surface area contributed by atoms with Gasteiger partial charge in [0.1, 0.15) is 5.82 Å². The van der Waals surface area contributed by atoms with E-state index in [0.29, 0.717) is 12.5 Å². The average Bonchev–Trinajstić information content (AvgIpc) is 2.36. The van der Waals surface area contributed by atoms with Crippen molar-refractivity contribution in [2.45, 2.75) is 44.5 Å². The molecular formula is C13H16ClF4NO. The Labute approximate surface area is 119 Å². The molecule has 0 radical (unpaired) electrons. The van der Waals surface area contributed by atoms with Crippen LogP contribution in [0.5, 0.6) is 0 Å². The second-order valence-corrected chi connectivity index (χ2v) is 4.96. The number of hydrogen-bond acceptors (Lipinski definition) is 2. The van der Waals surface area contributed by atoms with Gasteiger partial charge < -0.3 is 10.8 Å². The van der Waals surface area contributed by atoms with Crippen LogP contribution in [0.3, 0.4) is 0 Å². The van der Waals surface area contributed by atoms with Gasteiger partial charge in [0, 0.05) is 5.56 Å². The van der Waals surface area contributed by atoms with Crippen LogP contribution in [0.4, 0.5) is 17.6 Å². The van der Waals surface area contributed by atoms with Gasteiger partial charge in [0.25, 0.3) is 0 Å². The molecule has 7 heteroatoms. The molecule has 0 amide bonds. The number of halogens is 5. The summed E-state index contributed by atoms with van der Waals surface area (Å²) in [5.41, 5.74) is 3.61. The molecule has 0 aromatic heterocycles. The minimum absolute atomic E-state index is 0.195. The third-order valence-corrected chi connectivity index (χ3v) is 3.33. The fraction of sp³-hybridized carbons (Fsp3) is 0.538. The summed E-state index contributed by atoms with van der Waals surface area (Å²) in [5, 5.41) is 9.35. The predicted molar refractivity (Wildman–Crippen MR) is 68.9 cm³/mol. The minimum atomic E-state index is -4.76. The van der Waals surface area contributed by atoms with Crippen molar-refractivity contribution in [2.24, 2.45) is 5.73 Å². The van der Waals surface area contributed by atoms with Crippen molar-refractivity contribution >= 4 is 11.6 Å². The first-order chi connectivity index (χ1) is 9.20. The summed E-state index contributed by atoms with van der Waals surface area (Å²) in [4.78, 5) is 0. The predicted octanol–water partition coefficient (Wildman–Crippen LogP) is 4.05. The van der Waals surface area contributed by atoms with E-state index in [9.17, 15) is 22.7 Å². The first-order valence-electron chi connectivity index (χ1n) is 6.18. The molecule has 2 nitrogen and oxygen atoms in total. The number of alkyl halides is 3. The van der Waals surface area contributed by atoms with Crippen LogP contribution < -0.4 is 5.73 Å². The molecule has 0 unspecified atom stereocenters. The Morgan fingerprint density at radius 2 is 1.95 bits per heavy atom. The highest BCUT2D eigenvalue weighted by atomic mass is 35.5. The SMILES string of the molecule is CCCC[C@H](O)[C@H](N)c1c(C(F)(F)F)ccc(Cl)c1F. The standard InChI is InChI=1S/C13H16ClF4NO/c1-2-3-4-9(20)12(19)10-7(13(16,17)18)5-6-8(14)11(10)15/h5-6,9,12,20H,2-4,19H2,1H3/t9-,12-/m0/s1. The minimum Gasteiger partial charge on any atom is -0.391 e. The Balaban J connectivity index is 3.23. The molecule has 0 aliphatic carbocycles. The zero-order valence-corrected chi connectivity index (χ0v) is 11.6. The maximum absolute atomic E-state index is 13.9. The van der Waals surface area contributed by atoms with E-state index in [2.05, 4.69) is 0 Å². The van der Waals surface area contributed by atoms with Gasteiger partial charge in [-0.05, 0) is 18.6 Å². The number of aliphatic hydroxyl groups is 1. The van der Waals surface area contributed by atoms with Gasteiger partial charge >= 0.3 is 6.18 Å². The van der Waals surface area contributed by atoms with Crippen molar-refractivity contribution < 1.29 is 22.7 Å². The summed E-state index contributed by atoms with van der Waals surface area (Å²) in [6.45, 7) is 1.86. The van der Waals surface area contributed by atoms with E-state index in [4.69, 9.17) is 17.3 Å². The lowest BCUT2D eigenvalue weighted by Crippen LogP contribution is -2.29. The molecule has 0 aliphatic heterocycles. The molecule has 0 bridgehead atoms. The van der Waals surface area contributed by atoms with Gasteiger partial charge in [-0.2, -0.15) is 13.2 Å². The van der Waals surface area contributed by atoms with Gasteiger partial charge in [-0.1, -0.05) is 31.4 Å². The molecule has 1 rings (SSSR count). The van der Waals surface area contributed by atoms with E-state index in [-0.39, 0.29) is 6.42 Å². The van der Waals surface area contributed by atoms with Gasteiger partial charge in [-0.3, -0.25) is 0 Å². The largest absolute Gasteiger partial charge is 0.416 e. The summed E-state index contributed by atoms with van der Waals surface area (Å²) >= 11 is 5.51. The zero-order chi connectivity index (χ0) is 15.5. The number of rotatable bonds is 5. The first kappa shape index (κ1) is 17.2. The molecule has 0 spiro atoms. The van der Waals surface area contributed by atoms with Crippen LogP contribution >= 0.6 is 11.6 Å². The maximum atomic E-state index is 13.9. The van der Waals surface area contributed by atoms with Crippen molar-refractivity contribution in [1.29, 1.82) is 0 Å². The Kier molecular flexibility index (Phi) is 5.79. The normalized spacial score (nSPS) is 15.2. The molecule has 0 saturated carbocycles. The highest BCUT2D eigenvalue weighted by molar-refractivity contribution is 6.30. The second kappa shape index (κ2) is 6.74. The van der Waals surface area contributed by atoms with E-state index in [0.717, 1.165) is 12.5 Å². The number of aliphatic hydroxyl groups excluding tert-OH is 1. The third-order valence-electron chi connectivity index (χ3n) is 3.04. The van der Waals surface area contributed by atoms with Crippen molar-refractivity contribution in [1.82, 2.24) is 0 Å². The Bertz CT molecular complexity index is 464. The molecular weight excluding hydrogens is 298 g/mol. The van der Waals surface area contributed by atoms with Crippen molar-refractivity contribution in [3.05, 3.63) is 34.1 Å². The van der Waals surface area contributed by atoms with E-state index in [1.54, 1.807) is 0 Å². The molecule has 0 heterocycles. The molecule has 1 aromatic rings. The van der Waals surface area contributed by atoms with Gasteiger partial charge in [-0.15, -0.1) is 0 Å². The van der Waals surface area contributed by atoms with Crippen LogP contribution in [0.15, 0.2) is 12.1 Å². The fourth-order valence-electron chi connectivity index (χ4n) is 1.92. The molecule has 2 atom stereocenters. The van der Waals surface area contributed by atoms with Gasteiger partial charge in [-0.25, -0.2) is 4.39 Å². The van der Waals surface area contributed by atoms with Crippen LogP contribution in [-0.2, 0) is 6.18 Å². The first-order valence-corrected chi connectivity index (χ1v) is 6.56. The summed E-state index contributed by atoms with van der Waals surface area (Å²) in [6, 6.07) is 0.0264. The maximum Gasteiger partial charge on any atom is 0.416 e. The van der Waals surface area contributed by atoms with Crippen LogP contribution in [0.25, 0.3) is 0 Å². The quantitative estimate of drug-likeness (QED) is 0.806. The van der Waals surface area contributed by atoms with Gasteiger partial charge in [0.2, 0.25) is 0 Å². The number of benzene rings is 1. The molecule has 3 N–H and O–H groups in total. The Morgan fingerprint density at radius 3 is 2.45 bits per heavy atom. The molecule has 20 heavy (non-hydrogen) atoms. The third kappa shape index (κ3) is 3.84.